The van der Waals surface area contributed by atoms with E-state index in [-0.39, 0.29) is 0 Å². The molecule has 23 heavy (non-hydrogen) atoms. The van der Waals surface area contributed by atoms with Crippen LogP contribution in [0.25, 0.3) is 0 Å². The monoisotopic (exact) mass is 312 g/mol. The molecule has 1 amide bonds. The van der Waals surface area contributed by atoms with E-state index in [0.717, 1.165) is 30.2 Å². The van der Waals surface area contributed by atoms with Gasteiger partial charge in [0.25, 0.3) is 0 Å². The quantitative estimate of drug-likeness (QED) is 0.919. The van der Waals surface area contributed by atoms with Gasteiger partial charge in [0.2, 0.25) is 5.91 Å². The van der Waals surface area contributed by atoms with Crippen molar-refractivity contribution in [1.82, 2.24) is 4.90 Å². The molecule has 3 rings (SSSR count). The van der Waals surface area contributed by atoms with Gasteiger partial charge in [0.05, 0.1) is 6.61 Å². The summed E-state index contributed by atoms with van der Waals surface area (Å²) in [7, 11) is 0. The maximum Gasteiger partial charge on any atom is 0.247 e. The van der Waals surface area contributed by atoms with Gasteiger partial charge in [-0.1, -0.05) is 30.3 Å². The lowest BCUT2D eigenvalue weighted by Gasteiger charge is -2.31. The second-order valence-corrected chi connectivity index (χ2v) is 5.56. The molecule has 1 heterocycles. The molecule has 2 aromatic carbocycles. The molecular formula is C18H20N2O3. The van der Waals surface area contributed by atoms with Crippen molar-refractivity contribution in [3.05, 3.63) is 60.2 Å². The molecule has 0 aromatic heterocycles. The summed E-state index contributed by atoms with van der Waals surface area (Å²) >= 11 is 0. The summed E-state index contributed by atoms with van der Waals surface area (Å²) in [6.07, 6.45) is -0.510. The van der Waals surface area contributed by atoms with Crippen molar-refractivity contribution < 1.29 is 14.3 Å². The first-order valence-electron chi connectivity index (χ1n) is 7.66. The van der Waals surface area contributed by atoms with Crippen molar-refractivity contribution in [1.29, 1.82) is 0 Å². The smallest absolute Gasteiger partial charge is 0.247 e. The second-order valence-electron chi connectivity index (χ2n) is 5.56. The minimum atomic E-state index is -0.510. The second kappa shape index (κ2) is 7.26. The molecule has 1 aliphatic heterocycles. The predicted octanol–water partition coefficient (Wildman–Crippen LogP) is 2.17. The van der Waals surface area contributed by atoms with Crippen LogP contribution in [0.2, 0.25) is 0 Å². The molecule has 0 saturated carbocycles. The van der Waals surface area contributed by atoms with Crippen LogP contribution in [0.1, 0.15) is 5.56 Å². The van der Waals surface area contributed by atoms with Crippen LogP contribution in [0.3, 0.4) is 0 Å². The maximum absolute atomic E-state index is 11.2. The number of carbonyl (C=O) groups excluding carboxylic acids is 1. The summed E-state index contributed by atoms with van der Waals surface area (Å²) in [5.41, 5.74) is 6.47. The van der Waals surface area contributed by atoms with Gasteiger partial charge in [-0.05, 0) is 29.8 Å². The molecule has 1 saturated heterocycles. The minimum Gasteiger partial charge on any atom is -0.457 e. The van der Waals surface area contributed by atoms with Crippen LogP contribution >= 0.6 is 0 Å². The number of nitrogens with zero attached hydrogens (tertiary/aromatic N) is 1. The van der Waals surface area contributed by atoms with Crippen LogP contribution in [0.15, 0.2) is 54.6 Å². The molecule has 2 aromatic rings. The van der Waals surface area contributed by atoms with Gasteiger partial charge in [0, 0.05) is 19.6 Å². The fourth-order valence-electron chi connectivity index (χ4n) is 2.56. The number of hydrogen-bond donors (Lipinski definition) is 1. The maximum atomic E-state index is 11.2. The highest BCUT2D eigenvalue weighted by molar-refractivity contribution is 5.79. The SMILES string of the molecule is NC(=O)[C@@H]1CN(Cc2ccc(Oc3ccccc3)cc2)CCO1. The lowest BCUT2D eigenvalue weighted by Crippen LogP contribution is -2.47. The Kier molecular flexibility index (Phi) is 4.90. The van der Waals surface area contributed by atoms with Crippen molar-refractivity contribution in [2.24, 2.45) is 5.73 Å². The molecule has 1 fully saturated rings. The van der Waals surface area contributed by atoms with Gasteiger partial charge >= 0.3 is 0 Å². The van der Waals surface area contributed by atoms with Gasteiger partial charge in [-0.2, -0.15) is 0 Å². The predicted molar refractivity (Wildman–Crippen MR) is 87.2 cm³/mol. The van der Waals surface area contributed by atoms with E-state index in [0.29, 0.717) is 13.2 Å². The zero-order valence-corrected chi connectivity index (χ0v) is 12.9. The van der Waals surface area contributed by atoms with Gasteiger partial charge in [-0.15, -0.1) is 0 Å². The third kappa shape index (κ3) is 4.31. The van der Waals surface area contributed by atoms with E-state index in [2.05, 4.69) is 4.90 Å². The summed E-state index contributed by atoms with van der Waals surface area (Å²) in [4.78, 5) is 13.4. The van der Waals surface area contributed by atoms with Crippen molar-refractivity contribution in [3.8, 4) is 11.5 Å². The average molecular weight is 312 g/mol. The Balaban J connectivity index is 1.58. The largest absolute Gasteiger partial charge is 0.457 e. The molecule has 0 radical (unpaired) electrons. The normalized spacial score (nSPS) is 18.5. The number of morpholine rings is 1. The Morgan fingerprint density at radius 3 is 2.52 bits per heavy atom. The lowest BCUT2D eigenvalue weighted by atomic mass is 10.1. The number of hydrogen-bond acceptors (Lipinski definition) is 4. The van der Waals surface area contributed by atoms with Crippen molar-refractivity contribution in [2.45, 2.75) is 12.6 Å². The molecule has 2 N–H and O–H groups in total. The van der Waals surface area contributed by atoms with Crippen LogP contribution in [-0.4, -0.2) is 36.6 Å². The fourth-order valence-corrected chi connectivity index (χ4v) is 2.56. The Labute approximate surface area is 135 Å². The molecule has 5 nitrogen and oxygen atoms in total. The van der Waals surface area contributed by atoms with Crippen LogP contribution in [-0.2, 0) is 16.1 Å². The molecule has 0 bridgehead atoms. The number of para-hydroxylation sites is 1. The Morgan fingerprint density at radius 2 is 1.83 bits per heavy atom. The van der Waals surface area contributed by atoms with E-state index in [9.17, 15) is 4.79 Å². The zero-order chi connectivity index (χ0) is 16.1. The molecule has 120 valence electrons. The first-order valence-corrected chi connectivity index (χ1v) is 7.66. The van der Waals surface area contributed by atoms with E-state index in [4.69, 9.17) is 15.2 Å². The summed E-state index contributed by atoms with van der Waals surface area (Å²) in [6, 6.07) is 17.7. The highest BCUT2D eigenvalue weighted by atomic mass is 16.5. The Morgan fingerprint density at radius 1 is 1.13 bits per heavy atom. The van der Waals surface area contributed by atoms with Gasteiger partial charge in [-0.25, -0.2) is 0 Å². The van der Waals surface area contributed by atoms with Crippen molar-refractivity contribution in [2.75, 3.05) is 19.7 Å². The summed E-state index contributed by atoms with van der Waals surface area (Å²) in [5.74, 6) is 1.22. The topological polar surface area (TPSA) is 64.8 Å². The van der Waals surface area contributed by atoms with Crippen LogP contribution in [0.5, 0.6) is 11.5 Å². The Bertz CT molecular complexity index is 643. The van der Waals surface area contributed by atoms with E-state index in [1.807, 2.05) is 54.6 Å². The lowest BCUT2D eigenvalue weighted by molar-refractivity contribution is -0.135. The minimum absolute atomic E-state index is 0.402. The van der Waals surface area contributed by atoms with Crippen molar-refractivity contribution in [3.63, 3.8) is 0 Å². The number of carbonyl (C=O) groups is 1. The first-order chi connectivity index (χ1) is 11.2. The van der Waals surface area contributed by atoms with E-state index >= 15 is 0 Å². The van der Waals surface area contributed by atoms with Crippen molar-refractivity contribution >= 4 is 5.91 Å². The highest BCUT2D eigenvalue weighted by Gasteiger charge is 2.24. The first kappa shape index (κ1) is 15.5. The van der Waals surface area contributed by atoms with Crippen LogP contribution < -0.4 is 10.5 Å². The summed E-state index contributed by atoms with van der Waals surface area (Å²) in [5, 5.41) is 0. The van der Waals surface area contributed by atoms with Gasteiger partial charge < -0.3 is 15.2 Å². The molecule has 0 aliphatic carbocycles. The molecule has 0 spiro atoms. The molecular weight excluding hydrogens is 292 g/mol. The fraction of sp³-hybridized carbons (Fsp3) is 0.278. The molecule has 1 aliphatic rings. The van der Waals surface area contributed by atoms with Gasteiger partial charge in [-0.3, -0.25) is 9.69 Å². The average Bonchev–Trinajstić information content (AvgIpc) is 2.58. The number of rotatable bonds is 5. The zero-order valence-electron chi connectivity index (χ0n) is 12.9. The third-order valence-corrected chi connectivity index (χ3v) is 3.78. The number of amides is 1. The third-order valence-electron chi connectivity index (χ3n) is 3.78. The number of benzene rings is 2. The number of primary amides is 1. The molecule has 0 unspecified atom stereocenters. The highest BCUT2D eigenvalue weighted by Crippen LogP contribution is 2.21. The van der Waals surface area contributed by atoms with Gasteiger partial charge in [0.15, 0.2) is 0 Å². The van der Waals surface area contributed by atoms with Crippen LogP contribution in [0.4, 0.5) is 0 Å². The van der Waals surface area contributed by atoms with E-state index in [1.165, 1.54) is 0 Å². The summed E-state index contributed by atoms with van der Waals surface area (Å²) in [6.45, 7) is 2.63. The molecule has 1 atom stereocenters. The Hall–Kier alpha value is -2.37. The van der Waals surface area contributed by atoms with Crippen LogP contribution in [0, 0.1) is 0 Å². The standard InChI is InChI=1S/C18H20N2O3/c19-18(21)17-13-20(10-11-22-17)12-14-6-8-16(9-7-14)23-15-4-2-1-3-5-15/h1-9,17H,10-13H2,(H2,19,21)/t17-/m0/s1. The number of nitrogens with two attached hydrogens (primary N) is 1. The van der Waals surface area contributed by atoms with E-state index < -0.39 is 12.0 Å². The van der Waals surface area contributed by atoms with E-state index in [1.54, 1.807) is 0 Å². The summed E-state index contributed by atoms with van der Waals surface area (Å²) < 4.78 is 11.1. The number of ether oxygens (including phenoxy) is 2. The molecule has 5 heteroatoms. The van der Waals surface area contributed by atoms with Gasteiger partial charge in [0.1, 0.15) is 17.6 Å².